The minimum atomic E-state index is -4.44. The van der Waals surface area contributed by atoms with E-state index < -0.39 is 27.4 Å². The van der Waals surface area contributed by atoms with E-state index in [1.165, 1.54) is 56.3 Å². The van der Waals surface area contributed by atoms with Crippen LogP contribution >= 0.6 is 11.6 Å². The molecule has 0 spiro atoms. The van der Waals surface area contributed by atoms with Gasteiger partial charge in [0.05, 0.1) is 22.6 Å². The number of likely N-dealkylation sites (N-methyl/N-ethyl adjacent to an activating group) is 1. The fraction of sp³-hybridized carbons (Fsp3) is 0.174. The normalized spacial score (nSPS) is 11.1. The summed E-state index contributed by atoms with van der Waals surface area (Å²) in [5, 5.41) is 11.6. The summed E-state index contributed by atoms with van der Waals surface area (Å²) >= 11 is 6.13. The molecule has 0 aromatic heterocycles. The fourth-order valence-electron chi connectivity index (χ4n) is 3.26. The van der Waals surface area contributed by atoms with Crippen LogP contribution in [0.25, 0.3) is 0 Å². The van der Waals surface area contributed by atoms with Gasteiger partial charge in [-0.15, -0.1) is 0 Å². The summed E-state index contributed by atoms with van der Waals surface area (Å²) < 4.78 is 33.6. The van der Waals surface area contributed by atoms with E-state index in [-0.39, 0.29) is 27.0 Å². The molecule has 0 saturated carbocycles. The summed E-state index contributed by atoms with van der Waals surface area (Å²) in [6.45, 7) is 0.900. The zero-order chi connectivity index (χ0) is 25.0. The number of nitro groups is 1. The summed E-state index contributed by atoms with van der Waals surface area (Å²) in [7, 11) is -1.57. The Morgan fingerprint density at radius 3 is 2.38 bits per heavy atom. The van der Waals surface area contributed by atoms with Crippen LogP contribution in [0.4, 0.5) is 17.1 Å². The topological polar surface area (TPSA) is 110 Å². The second-order valence-corrected chi connectivity index (χ2v) is 9.62. The second kappa shape index (κ2) is 10.1. The molecule has 0 aliphatic heterocycles. The van der Waals surface area contributed by atoms with E-state index in [0.717, 1.165) is 10.4 Å². The molecule has 3 aromatic carbocycles. The van der Waals surface area contributed by atoms with Gasteiger partial charge in [-0.2, -0.15) is 0 Å². The smallest absolute Gasteiger partial charge is 0.273 e. The van der Waals surface area contributed by atoms with E-state index >= 15 is 0 Å². The summed E-state index contributed by atoms with van der Waals surface area (Å²) in [6, 6.07) is 16.6. The number of anilines is 2. The molecule has 0 fully saturated rings. The molecule has 0 aliphatic carbocycles. The number of para-hydroxylation sites is 1. The third kappa shape index (κ3) is 5.13. The van der Waals surface area contributed by atoms with Crippen molar-refractivity contribution in [2.75, 3.05) is 29.9 Å². The van der Waals surface area contributed by atoms with Crippen molar-refractivity contribution in [3.63, 3.8) is 0 Å². The number of benzene rings is 3. The molecular weight excluding hydrogens is 482 g/mol. The predicted molar refractivity (Wildman–Crippen MR) is 130 cm³/mol. The monoisotopic (exact) mass is 503 g/mol. The van der Waals surface area contributed by atoms with Crippen LogP contribution in [-0.4, -0.2) is 40.0 Å². The van der Waals surface area contributed by atoms with Gasteiger partial charge in [0.15, 0.2) is 0 Å². The maximum atomic E-state index is 13.7. The first-order valence-corrected chi connectivity index (χ1v) is 11.8. The van der Waals surface area contributed by atoms with Gasteiger partial charge in [0.2, 0.25) is 5.91 Å². The van der Waals surface area contributed by atoms with Crippen LogP contribution in [0.2, 0.25) is 5.02 Å². The van der Waals surface area contributed by atoms with Crippen molar-refractivity contribution in [1.29, 1.82) is 0 Å². The number of carbonyl (C=O) groups excluding carboxylic acids is 1. The van der Waals surface area contributed by atoms with Gasteiger partial charge in [0.1, 0.15) is 12.3 Å². The molecule has 0 N–H and O–H groups in total. The van der Waals surface area contributed by atoms with Crippen molar-refractivity contribution in [1.82, 2.24) is 0 Å². The zero-order valence-corrected chi connectivity index (χ0v) is 20.2. The molecule has 0 aliphatic rings. The lowest BCUT2D eigenvalue weighted by molar-refractivity contribution is -0.385. The van der Waals surface area contributed by atoms with Gasteiger partial charge in [-0.3, -0.25) is 19.2 Å². The molecule has 0 heterocycles. The van der Waals surface area contributed by atoms with Crippen LogP contribution in [0.3, 0.4) is 0 Å². The first-order valence-electron chi connectivity index (χ1n) is 9.99. The lowest BCUT2D eigenvalue weighted by Gasteiger charge is -2.28. The molecule has 34 heavy (non-hydrogen) atoms. The summed E-state index contributed by atoms with van der Waals surface area (Å²) in [6.07, 6.45) is 0. The van der Waals surface area contributed by atoms with Crippen LogP contribution in [0.1, 0.15) is 5.56 Å². The summed E-state index contributed by atoms with van der Waals surface area (Å²) in [5.74, 6) is -0.386. The first kappa shape index (κ1) is 25.0. The Bertz CT molecular complexity index is 1330. The highest BCUT2D eigenvalue weighted by Crippen LogP contribution is 2.36. The van der Waals surface area contributed by atoms with Gasteiger partial charge in [0, 0.05) is 29.4 Å². The van der Waals surface area contributed by atoms with Crippen LogP contribution in [0.5, 0.6) is 5.75 Å². The van der Waals surface area contributed by atoms with E-state index in [9.17, 15) is 23.3 Å². The lowest BCUT2D eigenvalue weighted by atomic mass is 10.2. The Morgan fingerprint density at radius 1 is 1.09 bits per heavy atom. The molecular formula is C23H22ClN3O6S. The minimum absolute atomic E-state index is 0.0213. The average molecular weight is 504 g/mol. The third-order valence-corrected chi connectivity index (χ3v) is 7.16. The van der Waals surface area contributed by atoms with Crippen molar-refractivity contribution in [2.24, 2.45) is 0 Å². The molecule has 0 unspecified atom stereocenters. The Hall–Kier alpha value is -3.63. The molecule has 9 nitrogen and oxygen atoms in total. The quantitative estimate of drug-likeness (QED) is 0.332. The Balaban J connectivity index is 2.14. The maximum Gasteiger partial charge on any atom is 0.273 e. The lowest BCUT2D eigenvalue weighted by Crippen LogP contribution is -2.42. The van der Waals surface area contributed by atoms with Crippen molar-refractivity contribution >= 4 is 44.6 Å². The van der Waals surface area contributed by atoms with Crippen LogP contribution in [0, 0.1) is 17.0 Å². The van der Waals surface area contributed by atoms with Crippen molar-refractivity contribution in [2.45, 2.75) is 11.8 Å². The molecule has 0 saturated heterocycles. The number of aryl methyl sites for hydroxylation is 1. The first-order chi connectivity index (χ1) is 16.1. The number of nitro benzene ring substituents is 1. The van der Waals surface area contributed by atoms with Gasteiger partial charge >= 0.3 is 0 Å². The fourth-order valence-corrected chi connectivity index (χ4v) is 4.86. The number of hydrogen-bond acceptors (Lipinski definition) is 6. The van der Waals surface area contributed by atoms with Gasteiger partial charge < -0.3 is 9.64 Å². The Labute approximate surface area is 202 Å². The number of amides is 1. The van der Waals surface area contributed by atoms with Crippen LogP contribution in [-0.2, 0) is 14.8 Å². The standard InChI is InChI=1S/C23H22ClN3O6S/c1-16-9-11-19(14-20(16)27(29)30)34(31,32)26(21-13-17(24)10-12-22(21)33-3)15-23(28)25(2)18-7-5-4-6-8-18/h4-14H,15H2,1-3H3. The zero-order valence-electron chi connectivity index (χ0n) is 18.6. The number of ether oxygens (including phenoxy) is 1. The number of rotatable bonds is 8. The van der Waals surface area contributed by atoms with Gasteiger partial charge in [-0.25, -0.2) is 8.42 Å². The highest BCUT2D eigenvalue weighted by atomic mass is 35.5. The molecule has 178 valence electrons. The van der Waals surface area contributed by atoms with E-state index in [2.05, 4.69) is 0 Å². The number of methoxy groups -OCH3 is 1. The van der Waals surface area contributed by atoms with Gasteiger partial charge in [0.25, 0.3) is 15.7 Å². The van der Waals surface area contributed by atoms with Crippen molar-refractivity contribution < 1.29 is 22.9 Å². The molecule has 0 bridgehead atoms. The molecule has 0 radical (unpaired) electrons. The van der Waals surface area contributed by atoms with Gasteiger partial charge in [-0.1, -0.05) is 35.9 Å². The number of hydrogen-bond donors (Lipinski definition) is 0. The van der Waals surface area contributed by atoms with Crippen LogP contribution < -0.4 is 13.9 Å². The number of nitrogens with zero attached hydrogens (tertiary/aromatic N) is 3. The number of sulfonamides is 1. The highest BCUT2D eigenvalue weighted by molar-refractivity contribution is 7.92. The van der Waals surface area contributed by atoms with Crippen LogP contribution in [0.15, 0.2) is 71.6 Å². The van der Waals surface area contributed by atoms with E-state index in [4.69, 9.17) is 16.3 Å². The van der Waals surface area contributed by atoms with Crippen molar-refractivity contribution in [3.8, 4) is 5.75 Å². The molecule has 3 rings (SSSR count). The van der Waals surface area contributed by atoms with Gasteiger partial charge in [-0.05, 0) is 43.3 Å². The highest BCUT2D eigenvalue weighted by Gasteiger charge is 2.32. The summed E-state index contributed by atoms with van der Waals surface area (Å²) in [4.78, 5) is 24.9. The average Bonchev–Trinajstić information content (AvgIpc) is 2.82. The SMILES string of the molecule is COc1ccc(Cl)cc1N(CC(=O)N(C)c1ccccc1)S(=O)(=O)c1ccc(C)c([N+](=O)[O-])c1. The van der Waals surface area contributed by atoms with E-state index in [1.807, 2.05) is 0 Å². The maximum absolute atomic E-state index is 13.7. The molecule has 1 amide bonds. The molecule has 3 aromatic rings. The predicted octanol–water partition coefficient (Wildman–Crippen LogP) is 4.42. The number of halogens is 1. The third-order valence-electron chi connectivity index (χ3n) is 5.17. The molecule has 0 atom stereocenters. The largest absolute Gasteiger partial charge is 0.495 e. The second-order valence-electron chi connectivity index (χ2n) is 7.32. The van der Waals surface area contributed by atoms with E-state index in [1.54, 1.807) is 30.3 Å². The number of carbonyl (C=O) groups is 1. The van der Waals surface area contributed by atoms with Crippen molar-refractivity contribution in [3.05, 3.63) is 87.4 Å². The Morgan fingerprint density at radius 2 is 1.76 bits per heavy atom. The van der Waals surface area contributed by atoms with E-state index in [0.29, 0.717) is 11.3 Å². The minimum Gasteiger partial charge on any atom is -0.495 e. The molecule has 11 heteroatoms. The Kier molecular flexibility index (Phi) is 7.43. The summed E-state index contributed by atoms with van der Waals surface area (Å²) in [5.41, 5.74) is 0.532.